The molecular formula is C17H22BrN5O5S. The van der Waals surface area contributed by atoms with E-state index >= 15 is 0 Å². The fraction of sp³-hybridized carbons (Fsp3) is 0.353. The summed E-state index contributed by atoms with van der Waals surface area (Å²) in [5.41, 5.74) is 0.540. The average molecular weight is 488 g/mol. The summed E-state index contributed by atoms with van der Waals surface area (Å²) in [7, 11) is -3.70. The largest absolute Gasteiger partial charge is 0.480 e. The van der Waals surface area contributed by atoms with Gasteiger partial charge in [-0.15, -0.1) is 0 Å². The maximum absolute atomic E-state index is 12.0. The van der Waals surface area contributed by atoms with Crippen LogP contribution in [0.4, 0.5) is 17.5 Å². The molecule has 12 heteroatoms. The van der Waals surface area contributed by atoms with Gasteiger partial charge >= 0.3 is 5.97 Å². The molecule has 158 valence electrons. The van der Waals surface area contributed by atoms with Gasteiger partial charge in [0.05, 0.1) is 16.0 Å². The highest BCUT2D eigenvalue weighted by molar-refractivity contribution is 9.10. The molecule has 0 aliphatic rings. The van der Waals surface area contributed by atoms with Crippen LogP contribution in [0, 0.1) is 5.92 Å². The standard InChI is InChI=1S/C17H22BrN5O5S/c1-10(2)14(16(25)26)22-15-13(18)9-19-17(23-15)21-11-3-5-12(6-4-11)29(27,28)20-7-8-24/h3-6,9-10,14,20,24H,7-8H2,1-2H3,(H,25,26)(H2,19,21,22,23)/t14-/m1/s1. The van der Waals surface area contributed by atoms with Gasteiger partial charge in [0.25, 0.3) is 0 Å². The zero-order chi connectivity index (χ0) is 21.6. The zero-order valence-corrected chi connectivity index (χ0v) is 18.2. The number of sulfonamides is 1. The number of halogens is 1. The Morgan fingerprint density at radius 1 is 1.24 bits per heavy atom. The molecule has 0 spiro atoms. The van der Waals surface area contributed by atoms with Gasteiger partial charge in [0.15, 0.2) is 0 Å². The molecule has 0 aliphatic carbocycles. The highest BCUT2D eigenvalue weighted by Gasteiger charge is 2.23. The van der Waals surface area contributed by atoms with Crippen LogP contribution in [0.15, 0.2) is 39.8 Å². The predicted molar refractivity (Wildman–Crippen MR) is 112 cm³/mol. The highest BCUT2D eigenvalue weighted by atomic mass is 79.9. The molecule has 2 aromatic rings. The number of anilines is 3. The molecule has 0 fully saturated rings. The monoisotopic (exact) mass is 487 g/mol. The van der Waals surface area contributed by atoms with Crippen molar-refractivity contribution in [2.45, 2.75) is 24.8 Å². The molecule has 5 N–H and O–H groups in total. The summed E-state index contributed by atoms with van der Waals surface area (Å²) in [6.45, 7) is 3.20. The smallest absolute Gasteiger partial charge is 0.326 e. The van der Waals surface area contributed by atoms with Gasteiger partial charge in [0, 0.05) is 18.4 Å². The Hall–Kier alpha value is -2.28. The van der Waals surface area contributed by atoms with Crippen LogP contribution < -0.4 is 15.4 Å². The molecule has 0 unspecified atom stereocenters. The van der Waals surface area contributed by atoms with E-state index in [1.807, 2.05) is 0 Å². The summed E-state index contributed by atoms with van der Waals surface area (Å²) in [5.74, 6) is -0.639. The van der Waals surface area contributed by atoms with Crippen LogP contribution in [0.2, 0.25) is 0 Å². The minimum Gasteiger partial charge on any atom is -0.480 e. The first-order chi connectivity index (χ1) is 13.6. The molecule has 1 atom stereocenters. The van der Waals surface area contributed by atoms with Gasteiger partial charge in [-0.3, -0.25) is 0 Å². The lowest BCUT2D eigenvalue weighted by Gasteiger charge is -2.19. The molecule has 10 nitrogen and oxygen atoms in total. The van der Waals surface area contributed by atoms with E-state index < -0.39 is 22.0 Å². The first kappa shape index (κ1) is 23.0. The van der Waals surface area contributed by atoms with Crippen molar-refractivity contribution in [3.8, 4) is 0 Å². The Morgan fingerprint density at radius 3 is 2.45 bits per heavy atom. The third-order valence-electron chi connectivity index (χ3n) is 3.79. The molecule has 1 heterocycles. The summed E-state index contributed by atoms with van der Waals surface area (Å²) < 4.78 is 26.8. The van der Waals surface area contributed by atoms with Gasteiger partial charge in [-0.1, -0.05) is 13.8 Å². The third kappa shape index (κ3) is 6.35. The van der Waals surface area contributed by atoms with E-state index in [9.17, 15) is 18.3 Å². The number of aromatic nitrogens is 2. The van der Waals surface area contributed by atoms with E-state index in [0.29, 0.717) is 16.0 Å². The van der Waals surface area contributed by atoms with Crippen LogP contribution in [0.3, 0.4) is 0 Å². The first-order valence-corrected chi connectivity index (χ1v) is 10.9. The second kappa shape index (κ2) is 9.96. The molecule has 0 saturated carbocycles. The van der Waals surface area contributed by atoms with Crippen molar-refractivity contribution < 1.29 is 23.4 Å². The average Bonchev–Trinajstić information content (AvgIpc) is 2.66. The number of benzene rings is 1. The molecule has 29 heavy (non-hydrogen) atoms. The van der Waals surface area contributed by atoms with Crippen molar-refractivity contribution in [3.63, 3.8) is 0 Å². The van der Waals surface area contributed by atoms with Crippen LogP contribution in [-0.2, 0) is 14.8 Å². The van der Waals surface area contributed by atoms with Crippen LogP contribution in [0.1, 0.15) is 13.8 Å². The van der Waals surface area contributed by atoms with Crippen LogP contribution in [-0.4, -0.2) is 53.8 Å². The first-order valence-electron chi connectivity index (χ1n) is 8.63. The molecule has 0 saturated heterocycles. The Morgan fingerprint density at radius 2 is 1.90 bits per heavy atom. The number of carbonyl (C=O) groups is 1. The summed E-state index contributed by atoms with van der Waals surface area (Å²) in [6.07, 6.45) is 1.48. The van der Waals surface area contributed by atoms with Crippen LogP contribution in [0.25, 0.3) is 0 Å². The number of nitrogens with one attached hydrogen (secondary N) is 3. The van der Waals surface area contributed by atoms with Crippen LogP contribution >= 0.6 is 15.9 Å². The lowest BCUT2D eigenvalue weighted by Crippen LogP contribution is -2.34. The Balaban J connectivity index is 2.17. The number of carboxylic acid groups (broad SMARTS) is 1. The summed E-state index contributed by atoms with van der Waals surface area (Å²) in [5, 5.41) is 23.9. The topological polar surface area (TPSA) is 154 Å². The number of aliphatic hydroxyl groups is 1. The molecule has 2 rings (SSSR count). The van der Waals surface area contributed by atoms with E-state index in [4.69, 9.17) is 5.11 Å². The fourth-order valence-electron chi connectivity index (χ4n) is 2.30. The number of aliphatic hydroxyl groups excluding tert-OH is 1. The normalized spacial score (nSPS) is 12.6. The minimum absolute atomic E-state index is 0.0526. The van der Waals surface area contributed by atoms with E-state index in [2.05, 4.69) is 41.3 Å². The quantitative estimate of drug-likeness (QED) is 0.337. The Bertz CT molecular complexity index is 953. The van der Waals surface area contributed by atoms with Gasteiger partial charge in [-0.05, 0) is 46.1 Å². The number of nitrogens with zero attached hydrogens (tertiary/aromatic N) is 2. The van der Waals surface area contributed by atoms with Gasteiger partial charge in [0.2, 0.25) is 16.0 Å². The predicted octanol–water partition coefficient (Wildman–Crippen LogP) is 1.77. The van der Waals surface area contributed by atoms with Gasteiger partial charge in [-0.25, -0.2) is 22.9 Å². The number of rotatable bonds is 10. The SMILES string of the molecule is CC(C)[C@@H](Nc1nc(Nc2ccc(S(=O)(=O)NCCO)cc2)ncc1Br)C(=O)O. The fourth-order valence-corrected chi connectivity index (χ4v) is 3.63. The molecule has 1 aromatic carbocycles. The van der Waals surface area contributed by atoms with Gasteiger partial charge < -0.3 is 20.8 Å². The number of hydrogen-bond donors (Lipinski definition) is 5. The van der Waals surface area contributed by atoms with E-state index in [-0.39, 0.29) is 29.9 Å². The summed E-state index contributed by atoms with van der Waals surface area (Å²) in [4.78, 5) is 19.9. The highest BCUT2D eigenvalue weighted by Crippen LogP contribution is 2.24. The lowest BCUT2D eigenvalue weighted by atomic mass is 10.1. The molecule has 0 aliphatic heterocycles. The van der Waals surface area contributed by atoms with Crippen molar-refractivity contribution in [1.29, 1.82) is 0 Å². The maximum Gasteiger partial charge on any atom is 0.326 e. The maximum atomic E-state index is 12.0. The Labute approximate surface area is 177 Å². The number of hydrogen-bond acceptors (Lipinski definition) is 8. The number of carboxylic acids is 1. The van der Waals surface area contributed by atoms with Crippen molar-refractivity contribution >= 4 is 49.4 Å². The van der Waals surface area contributed by atoms with Crippen molar-refractivity contribution in [2.24, 2.45) is 5.92 Å². The second-order valence-electron chi connectivity index (χ2n) is 6.37. The summed E-state index contributed by atoms with van der Waals surface area (Å²) in [6, 6.07) is 5.06. The van der Waals surface area contributed by atoms with E-state index in [1.54, 1.807) is 26.0 Å². The third-order valence-corrected chi connectivity index (χ3v) is 5.85. The Kier molecular flexibility index (Phi) is 7.90. The second-order valence-corrected chi connectivity index (χ2v) is 8.99. The van der Waals surface area contributed by atoms with Crippen molar-refractivity contribution in [2.75, 3.05) is 23.8 Å². The number of aliphatic carboxylic acids is 1. The molecule has 0 amide bonds. The van der Waals surface area contributed by atoms with Crippen molar-refractivity contribution in [3.05, 3.63) is 34.9 Å². The lowest BCUT2D eigenvalue weighted by molar-refractivity contribution is -0.138. The minimum atomic E-state index is -3.70. The summed E-state index contributed by atoms with van der Waals surface area (Å²) >= 11 is 3.29. The zero-order valence-electron chi connectivity index (χ0n) is 15.8. The van der Waals surface area contributed by atoms with E-state index in [0.717, 1.165) is 0 Å². The molecule has 1 aromatic heterocycles. The van der Waals surface area contributed by atoms with Gasteiger partial charge in [0.1, 0.15) is 11.9 Å². The van der Waals surface area contributed by atoms with E-state index in [1.165, 1.54) is 18.3 Å². The molecule has 0 radical (unpaired) electrons. The van der Waals surface area contributed by atoms with Gasteiger partial charge in [-0.2, -0.15) is 4.98 Å². The molecular weight excluding hydrogens is 466 g/mol. The van der Waals surface area contributed by atoms with Crippen molar-refractivity contribution in [1.82, 2.24) is 14.7 Å². The molecule has 0 bridgehead atoms. The van der Waals surface area contributed by atoms with Crippen LogP contribution in [0.5, 0.6) is 0 Å².